The number of aromatic nitrogens is 1. The lowest BCUT2D eigenvalue weighted by atomic mass is 10.3. The van der Waals surface area contributed by atoms with Crippen molar-refractivity contribution in [2.24, 2.45) is 4.99 Å². The van der Waals surface area contributed by atoms with Crippen LogP contribution in [0.15, 0.2) is 58.3 Å². The molecule has 1 saturated heterocycles. The molecule has 8 heteroatoms. The van der Waals surface area contributed by atoms with Gasteiger partial charge in [0.25, 0.3) is 0 Å². The molecule has 2 aromatic rings. The second-order valence-corrected chi connectivity index (χ2v) is 7.18. The maximum Gasteiger partial charge on any atom is 0.243 e. The highest BCUT2D eigenvalue weighted by Crippen LogP contribution is 2.22. The van der Waals surface area contributed by atoms with E-state index in [0.29, 0.717) is 11.6 Å². The average molecular weight is 431 g/mol. The van der Waals surface area contributed by atoms with E-state index in [2.05, 4.69) is 71.0 Å². The van der Waals surface area contributed by atoms with E-state index in [-0.39, 0.29) is 18.5 Å². The van der Waals surface area contributed by atoms with Gasteiger partial charge in [0.15, 0.2) is 5.96 Å². The average Bonchev–Trinajstić information content (AvgIpc) is 3.15. The highest BCUT2D eigenvalue weighted by atomic mass is 79.9. The van der Waals surface area contributed by atoms with E-state index in [0.717, 1.165) is 24.0 Å². The first-order valence-electron chi connectivity index (χ1n) is 8.81. The summed E-state index contributed by atoms with van der Waals surface area (Å²) in [5.74, 6) is 0.479. The summed E-state index contributed by atoms with van der Waals surface area (Å²) in [6, 6.07) is 12.2. The number of rotatable bonds is 5. The van der Waals surface area contributed by atoms with Gasteiger partial charge in [0.2, 0.25) is 5.91 Å². The third-order valence-corrected chi connectivity index (χ3v) is 4.83. The van der Waals surface area contributed by atoms with Gasteiger partial charge in [-0.25, -0.2) is 0 Å². The normalized spacial score (nSPS) is 16.9. The lowest BCUT2D eigenvalue weighted by Gasteiger charge is -2.20. The number of nitrogens with one attached hydrogen (secondary N) is 3. The third-order valence-electron chi connectivity index (χ3n) is 4.31. The molecule has 1 amide bonds. The smallest absolute Gasteiger partial charge is 0.243 e. The number of nitrogens with zero attached hydrogens (tertiary/aromatic N) is 3. The van der Waals surface area contributed by atoms with Crippen LogP contribution >= 0.6 is 15.9 Å². The van der Waals surface area contributed by atoms with Crippen LogP contribution in [0.1, 0.15) is 6.42 Å². The Balaban J connectivity index is 1.45. The number of carbonyl (C=O) groups is 1. The molecule has 1 unspecified atom stereocenters. The van der Waals surface area contributed by atoms with Crippen molar-refractivity contribution >= 4 is 39.2 Å². The summed E-state index contributed by atoms with van der Waals surface area (Å²) in [6.07, 6.45) is 4.29. The predicted octanol–water partition coefficient (Wildman–Crippen LogP) is 2.23. The summed E-state index contributed by atoms with van der Waals surface area (Å²) in [6.45, 7) is 2.01. The molecule has 1 atom stereocenters. The molecule has 1 fully saturated rings. The fourth-order valence-corrected chi connectivity index (χ4v) is 3.22. The zero-order valence-electron chi connectivity index (χ0n) is 15.2. The highest BCUT2D eigenvalue weighted by Gasteiger charge is 2.23. The maximum atomic E-state index is 12.0. The van der Waals surface area contributed by atoms with E-state index in [1.165, 1.54) is 5.69 Å². The molecule has 3 N–H and O–H groups in total. The van der Waals surface area contributed by atoms with Gasteiger partial charge in [-0.15, -0.1) is 0 Å². The van der Waals surface area contributed by atoms with Gasteiger partial charge < -0.3 is 20.9 Å². The van der Waals surface area contributed by atoms with Gasteiger partial charge in [0.05, 0.1) is 18.4 Å². The Labute approximate surface area is 167 Å². The molecule has 3 rings (SSSR count). The standard InChI is InChI=1S/C19H23BrN6O/c1-21-19(23-12-18(27)24-15-3-2-9-22-11-15)25-16-8-10-26(13-16)17-6-4-14(20)5-7-17/h2-7,9,11,16H,8,10,12-13H2,1H3,(H,24,27)(H2,21,23,25). The van der Waals surface area contributed by atoms with E-state index in [1.54, 1.807) is 31.6 Å². The fraction of sp³-hybridized carbons (Fsp3) is 0.316. The summed E-state index contributed by atoms with van der Waals surface area (Å²) in [5, 5.41) is 9.24. The Hall–Kier alpha value is -2.61. The van der Waals surface area contributed by atoms with Crippen LogP contribution in [0.4, 0.5) is 11.4 Å². The van der Waals surface area contributed by atoms with Gasteiger partial charge in [-0.2, -0.15) is 0 Å². The van der Waals surface area contributed by atoms with Crippen LogP contribution in [0.2, 0.25) is 0 Å². The Kier molecular flexibility index (Phi) is 6.64. The lowest BCUT2D eigenvalue weighted by molar-refractivity contribution is -0.115. The molecular weight excluding hydrogens is 408 g/mol. The lowest BCUT2D eigenvalue weighted by Crippen LogP contribution is -2.46. The zero-order chi connectivity index (χ0) is 19.1. The molecule has 0 bridgehead atoms. The fourth-order valence-electron chi connectivity index (χ4n) is 2.96. The van der Waals surface area contributed by atoms with E-state index in [9.17, 15) is 4.79 Å². The molecule has 0 spiro atoms. The largest absolute Gasteiger partial charge is 0.369 e. The minimum absolute atomic E-state index is 0.137. The number of hydrogen-bond acceptors (Lipinski definition) is 4. The van der Waals surface area contributed by atoms with Gasteiger partial charge in [0.1, 0.15) is 0 Å². The Morgan fingerprint density at radius 3 is 2.85 bits per heavy atom. The molecule has 2 heterocycles. The number of guanidine groups is 1. The molecule has 1 aliphatic heterocycles. The van der Waals surface area contributed by atoms with E-state index in [4.69, 9.17) is 0 Å². The van der Waals surface area contributed by atoms with Crippen LogP contribution in [0.5, 0.6) is 0 Å². The van der Waals surface area contributed by atoms with Crippen LogP contribution in [0.3, 0.4) is 0 Å². The number of halogens is 1. The predicted molar refractivity (Wildman–Crippen MR) is 112 cm³/mol. The summed E-state index contributed by atoms with van der Waals surface area (Å²) in [5.41, 5.74) is 1.88. The van der Waals surface area contributed by atoms with E-state index < -0.39 is 0 Å². The van der Waals surface area contributed by atoms with Crippen LogP contribution in [-0.2, 0) is 4.79 Å². The first-order valence-corrected chi connectivity index (χ1v) is 9.61. The van der Waals surface area contributed by atoms with Gasteiger partial charge in [-0.05, 0) is 42.8 Å². The Morgan fingerprint density at radius 1 is 1.33 bits per heavy atom. The number of pyridine rings is 1. The maximum absolute atomic E-state index is 12.0. The second-order valence-electron chi connectivity index (χ2n) is 6.27. The number of aliphatic imine (C=N–C) groups is 1. The summed E-state index contributed by atoms with van der Waals surface area (Å²) >= 11 is 3.47. The molecule has 27 heavy (non-hydrogen) atoms. The molecule has 0 aliphatic carbocycles. The molecule has 1 aliphatic rings. The highest BCUT2D eigenvalue weighted by molar-refractivity contribution is 9.10. The number of hydrogen-bond donors (Lipinski definition) is 3. The van der Waals surface area contributed by atoms with Gasteiger partial charge in [-0.3, -0.25) is 14.8 Å². The minimum atomic E-state index is -0.145. The second kappa shape index (κ2) is 9.36. The quantitative estimate of drug-likeness (QED) is 0.500. The van der Waals surface area contributed by atoms with Crippen molar-refractivity contribution in [3.8, 4) is 0 Å². The molecule has 0 saturated carbocycles. The minimum Gasteiger partial charge on any atom is -0.369 e. The molecule has 1 aromatic carbocycles. The van der Waals surface area contributed by atoms with Crippen molar-refractivity contribution < 1.29 is 4.79 Å². The number of anilines is 2. The molecule has 142 valence electrons. The third kappa shape index (κ3) is 5.68. The Morgan fingerprint density at radius 2 is 2.15 bits per heavy atom. The molecule has 1 aromatic heterocycles. The van der Waals surface area contributed by atoms with Gasteiger partial charge >= 0.3 is 0 Å². The summed E-state index contributed by atoms with van der Waals surface area (Å²) in [7, 11) is 1.70. The first kappa shape index (κ1) is 19.2. The van der Waals surface area contributed by atoms with Crippen molar-refractivity contribution in [2.45, 2.75) is 12.5 Å². The van der Waals surface area contributed by atoms with E-state index in [1.807, 2.05) is 0 Å². The van der Waals surface area contributed by atoms with Crippen molar-refractivity contribution in [1.82, 2.24) is 15.6 Å². The first-order chi connectivity index (χ1) is 13.1. The molecule has 7 nitrogen and oxygen atoms in total. The van der Waals surface area contributed by atoms with Gasteiger partial charge in [-0.1, -0.05) is 15.9 Å². The molecular formula is C19H23BrN6O. The van der Waals surface area contributed by atoms with Crippen LogP contribution < -0.4 is 20.9 Å². The van der Waals surface area contributed by atoms with E-state index >= 15 is 0 Å². The Bertz CT molecular complexity index is 781. The van der Waals surface area contributed by atoms with Crippen LogP contribution in [0.25, 0.3) is 0 Å². The number of carbonyl (C=O) groups excluding carboxylic acids is 1. The van der Waals surface area contributed by atoms with Crippen molar-refractivity contribution in [1.29, 1.82) is 0 Å². The number of benzene rings is 1. The van der Waals surface area contributed by atoms with Crippen molar-refractivity contribution in [2.75, 3.05) is 36.9 Å². The summed E-state index contributed by atoms with van der Waals surface area (Å²) < 4.78 is 1.08. The van der Waals surface area contributed by atoms with Gasteiger partial charge in [0, 0.05) is 42.5 Å². The van der Waals surface area contributed by atoms with Crippen molar-refractivity contribution in [3.05, 3.63) is 53.3 Å². The van der Waals surface area contributed by atoms with Crippen LogP contribution in [0, 0.1) is 0 Å². The summed E-state index contributed by atoms with van der Waals surface area (Å²) in [4.78, 5) is 22.6. The van der Waals surface area contributed by atoms with Crippen LogP contribution in [-0.4, -0.2) is 49.6 Å². The monoisotopic (exact) mass is 430 g/mol. The SMILES string of the molecule is CN=C(NCC(=O)Nc1cccnc1)NC1CCN(c2ccc(Br)cc2)C1. The topological polar surface area (TPSA) is 81.6 Å². The number of amides is 1. The molecule has 0 radical (unpaired) electrons. The van der Waals surface area contributed by atoms with Crippen molar-refractivity contribution in [3.63, 3.8) is 0 Å². The zero-order valence-corrected chi connectivity index (χ0v) is 16.7.